The van der Waals surface area contributed by atoms with E-state index in [2.05, 4.69) is 6.92 Å². The van der Waals surface area contributed by atoms with Gasteiger partial charge < -0.3 is 5.11 Å². The summed E-state index contributed by atoms with van der Waals surface area (Å²) < 4.78 is 0.772. The van der Waals surface area contributed by atoms with Crippen LogP contribution in [0.5, 0.6) is 0 Å². The van der Waals surface area contributed by atoms with Gasteiger partial charge in [0.2, 0.25) is 0 Å². The Morgan fingerprint density at radius 3 is 2.77 bits per heavy atom. The van der Waals surface area contributed by atoms with Crippen LogP contribution in [0.4, 0.5) is 0 Å². The summed E-state index contributed by atoms with van der Waals surface area (Å²) in [5.41, 5.74) is 0. The van der Waals surface area contributed by atoms with E-state index in [9.17, 15) is 0 Å². The third-order valence-electron chi connectivity index (χ3n) is 2.31. The Morgan fingerprint density at radius 2 is 2.15 bits per heavy atom. The molecule has 1 rings (SSSR count). The second kappa shape index (κ2) is 7.02. The molecular formula is C10H20OS2. The third-order valence-corrected chi connectivity index (χ3v) is 5.70. The zero-order valence-corrected chi connectivity index (χ0v) is 10.0. The molecule has 3 heteroatoms. The van der Waals surface area contributed by atoms with Crippen LogP contribution in [0.25, 0.3) is 0 Å². The Hall–Kier alpha value is 0.660. The molecule has 1 saturated heterocycles. The van der Waals surface area contributed by atoms with Crippen molar-refractivity contribution in [2.45, 2.75) is 48.9 Å². The number of thioether (sulfide) groups is 2. The zero-order valence-electron chi connectivity index (χ0n) is 8.37. The van der Waals surface area contributed by atoms with Crippen molar-refractivity contribution in [2.24, 2.45) is 0 Å². The molecule has 1 heterocycles. The Labute approximate surface area is 90.1 Å². The summed E-state index contributed by atoms with van der Waals surface area (Å²) in [7, 11) is 0. The Morgan fingerprint density at radius 1 is 1.31 bits per heavy atom. The number of aliphatic hydroxyl groups excluding tert-OH is 1. The monoisotopic (exact) mass is 220 g/mol. The number of rotatable bonds is 6. The molecule has 1 aliphatic heterocycles. The minimum Gasteiger partial charge on any atom is -0.395 e. The predicted octanol–water partition coefficient (Wildman–Crippen LogP) is 3.12. The van der Waals surface area contributed by atoms with Crippen LogP contribution in [0.1, 0.15) is 39.0 Å². The van der Waals surface area contributed by atoms with Gasteiger partial charge in [0.1, 0.15) is 0 Å². The molecule has 0 aromatic rings. The van der Waals surface area contributed by atoms with Gasteiger partial charge in [0.15, 0.2) is 0 Å². The lowest BCUT2D eigenvalue weighted by molar-refractivity contribution is 0.301. The largest absolute Gasteiger partial charge is 0.395 e. The first-order chi connectivity index (χ1) is 6.36. The highest BCUT2D eigenvalue weighted by Gasteiger charge is 2.24. The van der Waals surface area contributed by atoms with Crippen molar-refractivity contribution in [3.8, 4) is 0 Å². The van der Waals surface area contributed by atoms with Gasteiger partial charge in [0.25, 0.3) is 0 Å². The van der Waals surface area contributed by atoms with Crippen LogP contribution in [0.2, 0.25) is 0 Å². The van der Waals surface area contributed by atoms with E-state index in [0.29, 0.717) is 11.9 Å². The number of unbranched alkanes of at least 4 members (excludes halogenated alkanes) is 3. The molecule has 0 amide bonds. The fourth-order valence-corrected chi connectivity index (χ4v) is 4.75. The smallest absolute Gasteiger partial charge is 0.0558 e. The maximum absolute atomic E-state index is 8.96. The van der Waals surface area contributed by atoms with Crippen LogP contribution in [-0.2, 0) is 0 Å². The van der Waals surface area contributed by atoms with E-state index in [1.165, 1.54) is 32.1 Å². The lowest BCUT2D eigenvalue weighted by atomic mass is 10.2. The first-order valence-corrected chi connectivity index (χ1v) is 7.24. The van der Waals surface area contributed by atoms with Crippen LogP contribution >= 0.6 is 23.5 Å². The Balaban J connectivity index is 1.97. The minimum absolute atomic E-state index is 0.364. The highest BCUT2D eigenvalue weighted by atomic mass is 32.2. The molecule has 0 unspecified atom stereocenters. The molecule has 2 atom stereocenters. The quantitative estimate of drug-likeness (QED) is 0.695. The van der Waals surface area contributed by atoms with Gasteiger partial charge in [0, 0.05) is 11.0 Å². The van der Waals surface area contributed by atoms with Gasteiger partial charge in [-0.3, -0.25) is 0 Å². The first kappa shape index (κ1) is 11.7. The van der Waals surface area contributed by atoms with Crippen LogP contribution in [0.15, 0.2) is 0 Å². The minimum atomic E-state index is 0.364. The lowest BCUT2D eigenvalue weighted by Gasteiger charge is -2.07. The number of aliphatic hydroxyl groups is 1. The first-order valence-electron chi connectivity index (χ1n) is 5.24. The zero-order chi connectivity index (χ0) is 9.52. The Kier molecular flexibility index (Phi) is 6.33. The summed E-state index contributed by atoms with van der Waals surface area (Å²) in [6.07, 6.45) is 6.80. The average Bonchev–Trinajstić information content (AvgIpc) is 2.60. The fourth-order valence-electron chi connectivity index (χ4n) is 1.49. The van der Waals surface area contributed by atoms with Crippen molar-refractivity contribution in [2.75, 3.05) is 12.4 Å². The molecule has 1 aliphatic rings. The molecule has 0 aromatic carbocycles. The topological polar surface area (TPSA) is 20.2 Å². The maximum atomic E-state index is 8.96. The summed E-state index contributed by atoms with van der Waals surface area (Å²) in [6, 6.07) is 0. The van der Waals surface area contributed by atoms with E-state index in [0.717, 1.165) is 10.3 Å². The number of hydrogen-bond acceptors (Lipinski definition) is 3. The van der Waals surface area contributed by atoms with Crippen molar-refractivity contribution in [1.82, 2.24) is 0 Å². The summed E-state index contributed by atoms with van der Waals surface area (Å²) in [5.74, 6) is 1.15. The summed E-state index contributed by atoms with van der Waals surface area (Å²) >= 11 is 4.02. The van der Waals surface area contributed by atoms with E-state index in [-0.39, 0.29) is 0 Å². The summed E-state index contributed by atoms with van der Waals surface area (Å²) in [5, 5.41) is 9.47. The molecule has 78 valence electrons. The van der Waals surface area contributed by atoms with Gasteiger partial charge in [-0.2, -0.15) is 0 Å². The average molecular weight is 220 g/mol. The Bertz CT molecular complexity index is 130. The van der Waals surface area contributed by atoms with Gasteiger partial charge in [0.05, 0.1) is 11.2 Å². The van der Waals surface area contributed by atoms with Gasteiger partial charge in [-0.25, -0.2) is 0 Å². The molecule has 13 heavy (non-hydrogen) atoms. The normalized spacial score (nSPS) is 28.2. The van der Waals surface area contributed by atoms with Crippen molar-refractivity contribution >= 4 is 23.5 Å². The van der Waals surface area contributed by atoms with E-state index in [1.54, 1.807) is 0 Å². The van der Waals surface area contributed by atoms with Gasteiger partial charge in [-0.05, 0) is 6.42 Å². The molecule has 0 aromatic heterocycles. The van der Waals surface area contributed by atoms with Crippen LogP contribution in [0, 0.1) is 0 Å². The van der Waals surface area contributed by atoms with Gasteiger partial charge in [-0.15, -0.1) is 23.5 Å². The third kappa shape index (κ3) is 4.61. The van der Waals surface area contributed by atoms with Crippen molar-refractivity contribution in [3.63, 3.8) is 0 Å². The summed E-state index contributed by atoms with van der Waals surface area (Å²) in [4.78, 5) is 0. The second-order valence-electron chi connectivity index (χ2n) is 3.55. The van der Waals surface area contributed by atoms with E-state index in [1.807, 2.05) is 23.5 Å². The molecule has 0 bridgehead atoms. The van der Waals surface area contributed by atoms with Crippen molar-refractivity contribution in [3.05, 3.63) is 0 Å². The highest BCUT2D eigenvalue weighted by molar-refractivity contribution is 8.20. The van der Waals surface area contributed by atoms with Crippen molar-refractivity contribution in [1.29, 1.82) is 0 Å². The van der Waals surface area contributed by atoms with E-state index in [4.69, 9.17) is 5.11 Å². The SMILES string of the molecule is CCCCCC[C@@H]1SC[C@@H](CO)S1. The van der Waals surface area contributed by atoms with Gasteiger partial charge in [-0.1, -0.05) is 32.6 Å². The van der Waals surface area contributed by atoms with Crippen LogP contribution in [-0.4, -0.2) is 27.3 Å². The molecule has 0 spiro atoms. The number of hydrogen-bond donors (Lipinski definition) is 1. The van der Waals surface area contributed by atoms with Crippen LogP contribution < -0.4 is 0 Å². The molecule has 0 saturated carbocycles. The molecule has 0 radical (unpaired) electrons. The van der Waals surface area contributed by atoms with Crippen LogP contribution in [0.3, 0.4) is 0 Å². The maximum Gasteiger partial charge on any atom is 0.0558 e. The van der Waals surface area contributed by atoms with E-state index < -0.39 is 0 Å². The van der Waals surface area contributed by atoms with Crippen molar-refractivity contribution < 1.29 is 5.11 Å². The molecule has 1 fully saturated rings. The predicted molar refractivity (Wildman–Crippen MR) is 63.5 cm³/mol. The fraction of sp³-hybridized carbons (Fsp3) is 1.00. The van der Waals surface area contributed by atoms with Gasteiger partial charge >= 0.3 is 0 Å². The standard InChI is InChI=1S/C10H20OS2/c1-2-3-4-5-6-10-12-8-9(7-11)13-10/h9-11H,2-8H2,1H3/t9-,10-/m1/s1. The molecular weight excluding hydrogens is 200 g/mol. The second-order valence-corrected chi connectivity index (χ2v) is 6.59. The highest BCUT2D eigenvalue weighted by Crippen LogP contribution is 2.40. The molecule has 1 nitrogen and oxygen atoms in total. The molecule has 0 aliphatic carbocycles. The van der Waals surface area contributed by atoms with E-state index >= 15 is 0 Å². The molecule has 1 N–H and O–H groups in total. The lowest BCUT2D eigenvalue weighted by Crippen LogP contribution is -2.06. The summed E-state index contributed by atoms with van der Waals surface area (Å²) in [6.45, 7) is 2.62.